The van der Waals surface area contributed by atoms with Crippen molar-refractivity contribution in [2.45, 2.75) is 13.8 Å². The molecule has 0 N–H and O–H groups in total. The molecule has 0 unspecified atom stereocenters. The van der Waals surface area contributed by atoms with Gasteiger partial charge >= 0.3 is 0 Å². The van der Waals surface area contributed by atoms with Crippen molar-refractivity contribution in [2.75, 3.05) is 0 Å². The molecule has 0 amide bonds. The molecule has 0 aliphatic rings. The number of pyridine rings is 1. The van der Waals surface area contributed by atoms with Gasteiger partial charge in [0.25, 0.3) is 11.1 Å². The fraction of sp³-hybridized carbons (Fsp3) is 0.0308. The molecule has 7 aromatic carbocycles. The first-order chi connectivity index (χ1) is 36.3. The molecular weight excluding hydrogens is 947 g/mol. The number of rotatable bonds is 6. The Labute approximate surface area is 435 Å². The van der Waals surface area contributed by atoms with Gasteiger partial charge in [0.15, 0.2) is 0 Å². The number of thiophene rings is 2. The number of para-hydroxylation sites is 2. The van der Waals surface area contributed by atoms with Crippen LogP contribution in [0.3, 0.4) is 0 Å². The number of benzene rings is 7. The summed E-state index contributed by atoms with van der Waals surface area (Å²) >= 11 is 3.24. The SMILES string of the molecule is Cc1cc(C#Cc2cccs2)ccc1-n1c(/C=C/c2ccc3ccccc3c2)nc2ccccc2c1=O.Cc1cc(C#Cc2cccs2)ccc1-n1c(/C=C/c2ccc3ncccc3c2)nc2ccccc2c1=O. The molecule has 5 heterocycles. The summed E-state index contributed by atoms with van der Waals surface area (Å²) in [4.78, 5) is 43.6. The van der Waals surface area contributed by atoms with Crippen LogP contribution in [-0.4, -0.2) is 24.1 Å². The molecule has 5 aromatic heterocycles. The summed E-state index contributed by atoms with van der Waals surface area (Å²) < 4.78 is 3.39. The largest absolute Gasteiger partial charge is 0.268 e. The number of hydrogen-bond acceptors (Lipinski definition) is 7. The van der Waals surface area contributed by atoms with Gasteiger partial charge in [-0.1, -0.05) is 121 Å². The second-order valence-corrected chi connectivity index (χ2v) is 19.3. The van der Waals surface area contributed by atoms with Crippen molar-refractivity contribution >= 4 is 90.5 Å². The average Bonchev–Trinajstić information content (AvgIpc) is 4.17. The van der Waals surface area contributed by atoms with E-state index in [1.165, 1.54) is 10.8 Å². The minimum Gasteiger partial charge on any atom is -0.268 e. The van der Waals surface area contributed by atoms with E-state index in [1.54, 1.807) is 38.0 Å². The maximum Gasteiger partial charge on any atom is 0.266 e. The third-order valence-corrected chi connectivity index (χ3v) is 14.0. The quantitative estimate of drug-likeness (QED) is 0.155. The highest BCUT2D eigenvalue weighted by atomic mass is 32.1. The zero-order chi connectivity index (χ0) is 50.4. The van der Waals surface area contributed by atoms with Crippen LogP contribution in [0, 0.1) is 37.5 Å². The smallest absolute Gasteiger partial charge is 0.266 e. The first-order valence-corrected chi connectivity index (χ1v) is 25.6. The molecule has 7 nitrogen and oxygen atoms in total. The van der Waals surface area contributed by atoms with Crippen LogP contribution in [0.2, 0.25) is 0 Å². The van der Waals surface area contributed by atoms with Crippen LogP contribution in [0.4, 0.5) is 0 Å². The third kappa shape index (κ3) is 10.2. The van der Waals surface area contributed by atoms with Gasteiger partial charge < -0.3 is 0 Å². The summed E-state index contributed by atoms with van der Waals surface area (Å²) in [5, 5.41) is 8.63. The Morgan fingerprint density at radius 1 is 0.432 bits per heavy atom. The molecule has 0 saturated heterocycles. The molecule has 9 heteroatoms. The molecule has 0 aliphatic heterocycles. The first kappa shape index (κ1) is 46.8. The van der Waals surface area contributed by atoms with Crippen LogP contribution in [0.5, 0.6) is 0 Å². The zero-order valence-electron chi connectivity index (χ0n) is 40.2. The number of hydrogen-bond donors (Lipinski definition) is 0. The predicted molar refractivity (Wildman–Crippen MR) is 308 cm³/mol. The Morgan fingerprint density at radius 2 is 0.932 bits per heavy atom. The van der Waals surface area contributed by atoms with Gasteiger partial charge in [0.1, 0.15) is 11.6 Å². The summed E-state index contributed by atoms with van der Waals surface area (Å²) in [7, 11) is 0. The minimum absolute atomic E-state index is 0.0933. The number of fused-ring (bicyclic) bond motifs is 4. The van der Waals surface area contributed by atoms with Crippen molar-refractivity contribution in [3.05, 3.63) is 274 Å². The highest BCUT2D eigenvalue weighted by molar-refractivity contribution is 7.10. The lowest BCUT2D eigenvalue weighted by Crippen LogP contribution is -2.23. The van der Waals surface area contributed by atoms with E-state index < -0.39 is 0 Å². The van der Waals surface area contributed by atoms with Crippen LogP contribution in [0.25, 0.3) is 79.2 Å². The van der Waals surface area contributed by atoms with E-state index in [9.17, 15) is 9.59 Å². The molecule has 0 saturated carbocycles. The normalized spacial score (nSPS) is 11.2. The first-order valence-electron chi connectivity index (χ1n) is 23.9. The highest BCUT2D eigenvalue weighted by Crippen LogP contribution is 2.24. The summed E-state index contributed by atoms with van der Waals surface area (Å²) in [5.41, 5.74) is 9.43. The molecule has 12 rings (SSSR count). The van der Waals surface area contributed by atoms with Crippen molar-refractivity contribution in [1.82, 2.24) is 24.1 Å². The number of nitrogens with zero attached hydrogens (tertiary/aromatic N) is 5. The van der Waals surface area contributed by atoms with Crippen molar-refractivity contribution in [3.8, 4) is 35.1 Å². The van der Waals surface area contributed by atoms with Crippen LogP contribution in [-0.2, 0) is 0 Å². The fourth-order valence-electron chi connectivity index (χ4n) is 8.77. The summed E-state index contributed by atoms with van der Waals surface area (Å²) in [5.74, 6) is 14.0. The van der Waals surface area contributed by atoms with E-state index in [-0.39, 0.29) is 11.1 Å². The van der Waals surface area contributed by atoms with E-state index >= 15 is 0 Å². The van der Waals surface area contributed by atoms with Crippen LogP contribution in [0.1, 0.15) is 54.8 Å². The van der Waals surface area contributed by atoms with Crippen LogP contribution < -0.4 is 11.1 Å². The Bertz CT molecular complexity index is 4120. The third-order valence-electron chi connectivity index (χ3n) is 12.4. The standard InChI is InChI=1S/C33H22N2OS.C32H21N3OS/c1-23-21-24(13-17-28-9-6-20-37-28)14-18-31(23)35-32(34-30-11-5-4-10-29(30)33(35)36)19-15-25-12-16-26-7-2-3-8-27(26)22-25;1-22-20-23(10-14-26-7-5-19-37-26)12-16-30(22)35-31(34-29-9-3-2-8-27(29)32(35)36)17-13-24-11-15-28-25(21-24)6-4-18-33-28/h2-12,14-16,18-22H,1H3;2-9,11-13,15-21H,1H3/b19-15+;17-13+. The monoisotopic (exact) mass is 989 g/mol. The lowest BCUT2D eigenvalue weighted by molar-refractivity contribution is 0.934. The van der Waals surface area contributed by atoms with Crippen LogP contribution in [0.15, 0.2) is 209 Å². The van der Waals surface area contributed by atoms with Gasteiger partial charge in [-0.2, -0.15) is 0 Å². The van der Waals surface area contributed by atoms with Gasteiger partial charge in [-0.05, 0) is 167 Å². The van der Waals surface area contributed by atoms with E-state index in [1.807, 2.05) is 195 Å². The summed E-state index contributed by atoms with van der Waals surface area (Å²) in [6.45, 7) is 4.00. The highest BCUT2D eigenvalue weighted by Gasteiger charge is 2.15. The summed E-state index contributed by atoms with van der Waals surface area (Å²) in [6.07, 6.45) is 9.60. The van der Waals surface area contributed by atoms with Gasteiger partial charge in [-0.25, -0.2) is 9.97 Å². The Hall–Kier alpha value is -9.51. The molecule has 12 aromatic rings. The molecule has 0 spiro atoms. The Kier molecular flexibility index (Phi) is 13.3. The van der Waals surface area contributed by atoms with Gasteiger partial charge in [0.2, 0.25) is 0 Å². The zero-order valence-corrected chi connectivity index (χ0v) is 41.9. The lowest BCUT2D eigenvalue weighted by atomic mass is 10.1. The lowest BCUT2D eigenvalue weighted by Gasteiger charge is -2.14. The molecule has 0 fully saturated rings. The van der Waals surface area contributed by atoms with Crippen molar-refractivity contribution in [1.29, 1.82) is 0 Å². The summed E-state index contributed by atoms with van der Waals surface area (Å²) in [6, 6.07) is 59.4. The van der Waals surface area contributed by atoms with Gasteiger partial charge in [0.05, 0.1) is 48.5 Å². The van der Waals surface area contributed by atoms with Gasteiger partial charge in [0, 0.05) is 22.7 Å². The maximum absolute atomic E-state index is 13.7. The topological polar surface area (TPSA) is 82.7 Å². The van der Waals surface area contributed by atoms with E-state index in [0.717, 1.165) is 65.4 Å². The second-order valence-electron chi connectivity index (χ2n) is 17.4. The number of aryl methyl sites for hydroxylation is 2. The number of aromatic nitrogens is 5. The average molecular weight is 990 g/mol. The Morgan fingerprint density at radius 3 is 1.47 bits per heavy atom. The van der Waals surface area contributed by atoms with Gasteiger partial charge in [-0.15, -0.1) is 22.7 Å². The molecule has 0 bridgehead atoms. The Balaban J connectivity index is 0.000000159. The molecule has 0 aliphatic carbocycles. The van der Waals surface area contributed by atoms with E-state index in [0.29, 0.717) is 33.5 Å². The van der Waals surface area contributed by atoms with Crippen molar-refractivity contribution in [3.63, 3.8) is 0 Å². The van der Waals surface area contributed by atoms with Gasteiger partial charge in [-0.3, -0.25) is 23.7 Å². The minimum atomic E-state index is -0.103. The molecule has 352 valence electrons. The van der Waals surface area contributed by atoms with E-state index in [4.69, 9.17) is 9.97 Å². The van der Waals surface area contributed by atoms with E-state index in [2.05, 4.69) is 65.1 Å². The molecular formula is C65H43N5O2S2. The fourth-order valence-corrected chi connectivity index (χ4v) is 9.92. The molecule has 0 atom stereocenters. The molecule has 0 radical (unpaired) electrons. The maximum atomic E-state index is 13.7. The second kappa shape index (κ2) is 21.1. The van der Waals surface area contributed by atoms with Crippen LogP contribution >= 0.6 is 22.7 Å². The predicted octanol–water partition coefficient (Wildman–Crippen LogP) is 14.4. The molecule has 74 heavy (non-hydrogen) atoms. The van der Waals surface area contributed by atoms with Crippen molar-refractivity contribution in [2.24, 2.45) is 0 Å². The van der Waals surface area contributed by atoms with Crippen molar-refractivity contribution < 1.29 is 0 Å².